The Morgan fingerprint density at radius 2 is 2.31 bits per heavy atom. The zero-order valence-electron chi connectivity index (χ0n) is 7.39. The summed E-state index contributed by atoms with van der Waals surface area (Å²) in [7, 11) is 0. The second-order valence-electron chi connectivity index (χ2n) is 3.47. The van der Waals surface area contributed by atoms with Crippen molar-refractivity contribution in [2.75, 3.05) is 18.8 Å². The van der Waals surface area contributed by atoms with Crippen LogP contribution in [0.15, 0.2) is 18.2 Å². The lowest BCUT2D eigenvalue weighted by molar-refractivity contribution is 0.764. The van der Waals surface area contributed by atoms with Gasteiger partial charge in [0, 0.05) is 6.54 Å². The van der Waals surface area contributed by atoms with Gasteiger partial charge < -0.3 is 11.1 Å². The second-order valence-corrected chi connectivity index (χ2v) is 3.88. The van der Waals surface area contributed by atoms with Crippen LogP contribution in [-0.2, 0) is 0 Å². The van der Waals surface area contributed by atoms with Gasteiger partial charge in [-0.25, -0.2) is 0 Å². The number of hydrogen-bond donors (Lipinski definition) is 2. The van der Waals surface area contributed by atoms with Crippen LogP contribution in [0.3, 0.4) is 0 Å². The molecule has 13 heavy (non-hydrogen) atoms. The van der Waals surface area contributed by atoms with Gasteiger partial charge in [-0.1, -0.05) is 17.7 Å². The van der Waals surface area contributed by atoms with E-state index in [1.807, 2.05) is 12.1 Å². The molecule has 0 saturated carbocycles. The summed E-state index contributed by atoms with van der Waals surface area (Å²) in [6.45, 7) is 2.16. The molecule has 1 fully saturated rings. The van der Waals surface area contributed by atoms with Crippen molar-refractivity contribution in [3.05, 3.63) is 28.8 Å². The summed E-state index contributed by atoms with van der Waals surface area (Å²) in [5, 5.41) is 4.00. The summed E-state index contributed by atoms with van der Waals surface area (Å²) >= 11 is 5.95. The summed E-state index contributed by atoms with van der Waals surface area (Å²) in [6.07, 6.45) is 1.19. The molecule has 1 aromatic rings. The average molecular weight is 197 g/mol. The molecule has 3 heteroatoms. The molecule has 1 heterocycles. The molecule has 1 aromatic carbocycles. The standard InChI is InChI=1S/C10H13ClN2/c11-9-5-7(1-2-10(9)12)8-3-4-13-6-8/h1-2,5,8,13H,3-4,6,12H2/t8-/m1/s1. The maximum absolute atomic E-state index is 5.95. The third-order valence-corrected chi connectivity index (χ3v) is 2.88. The molecule has 2 nitrogen and oxygen atoms in total. The first-order valence-electron chi connectivity index (χ1n) is 4.53. The van der Waals surface area contributed by atoms with E-state index in [9.17, 15) is 0 Å². The van der Waals surface area contributed by atoms with Crippen LogP contribution in [0.25, 0.3) is 0 Å². The predicted octanol–water partition coefficient (Wildman–Crippen LogP) is 2.00. The van der Waals surface area contributed by atoms with E-state index in [2.05, 4.69) is 11.4 Å². The number of benzene rings is 1. The number of halogens is 1. The van der Waals surface area contributed by atoms with Gasteiger partial charge in [0.15, 0.2) is 0 Å². The van der Waals surface area contributed by atoms with Gasteiger partial charge in [-0.2, -0.15) is 0 Å². The van der Waals surface area contributed by atoms with Crippen molar-refractivity contribution >= 4 is 17.3 Å². The Balaban J connectivity index is 2.25. The summed E-state index contributed by atoms with van der Waals surface area (Å²) < 4.78 is 0. The van der Waals surface area contributed by atoms with E-state index in [4.69, 9.17) is 17.3 Å². The van der Waals surface area contributed by atoms with E-state index in [0.717, 1.165) is 13.1 Å². The molecule has 0 bridgehead atoms. The number of nitrogen functional groups attached to an aromatic ring is 1. The first kappa shape index (κ1) is 8.85. The van der Waals surface area contributed by atoms with Crippen molar-refractivity contribution in [3.63, 3.8) is 0 Å². The van der Waals surface area contributed by atoms with E-state index in [0.29, 0.717) is 16.6 Å². The number of nitrogens with one attached hydrogen (secondary N) is 1. The van der Waals surface area contributed by atoms with Crippen LogP contribution >= 0.6 is 11.6 Å². The van der Waals surface area contributed by atoms with Crippen LogP contribution in [0.4, 0.5) is 5.69 Å². The van der Waals surface area contributed by atoms with Crippen molar-refractivity contribution in [1.29, 1.82) is 0 Å². The SMILES string of the molecule is Nc1ccc([C@@H]2CCNC2)cc1Cl. The van der Waals surface area contributed by atoms with E-state index < -0.39 is 0 Å². The second kappa shape index (κ2) is 3.56. The minimum absolute atomic E-state index is 0.609. The highest BCUT2D eigenvalue weighted by atomic mass is 35.5. The van der Waals surface area contributed by atoms with Gasteiger partial charge in [-0.05, 0) is 36.6 Å². The lowest BCUT2D eigenvalue weighted by Crippen LogP contribution is -2.07. The molecule has 0 unspecified atom stereocenters. The Morgan fingerprint density at radius 3 is 2.92 bits per heavy atom. The highest BCUT2D eigenvalue weighted by Crippen LogP contribution is 2.27. The maximum atomic E-state index is 5.95. The molecule has 0 radical (unpaired) electrons. The van der Waals surface area contributed by atoms with Gasteiger partial charge in [-0.3, -0.25) is 0 Å². The number of nitrogens with two attached hydrogens (primary N) is 1. The Kier molecular flexibility index (Phi) is 2.42. The zero-order chi connectivity index (χ0) is 9.26. The molecule has 1 aliphatic heterocycles. The molecular formula is C10H13ClN2. The normalized spacial score (nSPS) is 22.1. The molecule has 0 aliphatic carbocycles. The third kappa shape index (κ3) is 1.79. The summed E-state index contributed by atoms with van der Waals surface area (Å²) in [5.41, 5.74) is 7.60. The summed E-state index contributed by atoms with van der Waals surface area (Å²) in [5.74, 6) is 0.609. The van der Waals surface area contributed by atoms with Crippen LogP contribution in [0.2, 0.25) is 5.02 Å². The average Bonchev–Trinajstić information content (AvgIpc) is 2.62. The van der Waals surface area contributed by atoms with Crippen molar-refractivity contribution < 1.29 is 0 Å². The maximum Gasteiger partial charge on any atom is 0.0638 e. The van der Waals surface area contributed by atoms with Crippen LogP contribution in [0.5, 0.6) is 0 Å². The highest BCUT2D eigenvalue weighted by Gasteiger charge is 2.16. The Hall–Kier alpha value is -0.730. The topological polar surface area (TPSA) is 38.0 Å². The lowest BCUT2D eigenvalue weighted by Gasteiger charge is -2.09. The molecule has 70 valence electrons. The Bertz CT molecular complexity index is 306. The van der Waals surface area contributed by atoms with E-state index >= 15 is 0 Å². The molecule has 1 aliphatic rings. The number of rotatable bonds is 1. The van der Waals surface area contributed by atoms with Gasteiger partial charge in [0.05, 0.1) is 10.7 Å². The molecule has 0 spiro atoms. The van der Waals surface area contributed by atoms with Crippen molar-refractivity contribution in [3.8, 4) is 0 Å². The zero-order valence-corrected chi connectivity index (χ0v) is 8.14. The largest absolute Gasteiger partial charge is 0.398 e. The first-order chi connectivity index (χ1) is 6.27. The first-order valence-corrected chi connectivity index (χ1v) is 4.91. The van der Waals surface area contributed by atoms with Gasteiger partial charge in [0.1, 0.15) is 0 Å². The van der Waals surface area contributed by atoms with Crippen LogP contribution in [0.1, 0.15) is 17.9 Å². The smallest absolute Gasteiger partial charge is 0.0638 e. The van der Waals surface area contributed by atoms with Crippen molar-refractivity contribution in [2.24, 2.45) is 0 Å². The van der Waals surface area contributed by atoms with Crippen LogP contribution < -0.4 is 11.1 Å². The Labute approximate surface area is 83.1 Å². The molecule has 0 amide bonds. The molecule has 1 saturated heterocycles. The fourth-order valence-electron chi connectivity index (χ4n) is 1.74. The number of hydrogen-bond acceptors (Lipinski definition) is 2. The van der Waals surface area contributed by atoms with Crippen molar-refractivity contribution in [2.45, 2.75) is 12.3 Å². The predicted molar refractivity (Wildman–Crippen MR) is 56.1 cm³/mol. The van der Waals surface area contributed by atoms with Gasteiger partial charge in [-0.15, -0.1) is 0 Å². The summed E-state index contributed by atoms with van der Waals surface area (Å²) in [6, 6.07) is 5.93. The van der Waals surface area contributed by atoms with Gasteiger partial charge in [0.25, 0.3) is 0 Å². The third-order valence-electron chi connectivity index (χ3n) is 2.56. The van der Waals surface area contributed by atoms with Gasteiger partial charge in [0.2, 0.25) is 0 Å². The quantitative estimate of drug-likeness (QED) is 0.675. The molecular weight excluding hydrogens is 184 g/mol. The van der Waals surface area contributed by atoms with Gasteiger partial charge >= 0.3 is 0 Å². The summed E-state index contributed by atoms with van der Waals surface area (Å²) in [4.78, 5) is 0. The molecule has 3 N–H and O–H groups in total. The van der Waals surface area contributed by atoms with Crippen molar-refractivity contribution in [1.82, 2.24) is 5.32 Å². The minimum Gasteiger partial charge on any atom is -0.398 e. The monoisotopic (exact) mass is 196 g/mol. The van der Waals surface area contributed by atoms with E-state index in [1.54, 1.807) is 0 Å². The van der Waals surface area contributed by atoms with E-state index in [-0.39, 0.29) is 0 Å². The fourth-order valence-corrected chi connectivity index (χ4v) is 1.93. The lowest BCUT2D eigenvalue weighted by atomic mass is 9.98. The highest BCUT2D eigenvalue weighted by molar-refractivity contribution is 6.33. The van der Waals surface area contributed by atoms with Crippen LogP contribution in [-0.4, -0.2) is 13.1 Å². The van der Waals surface area contributed by atoms with E-state index in [1.165, 1.54) is 12.0 Å². The minimum atomic E-state index is 0.609. The molecule has 2 rings (SSSR count). The van der Waals surface area contributed by atoms with Crippen LogP contribution in [0, 0.1) is 0 Å². The Morgan fingerprint density at radius 1 is 1.46 bits per heavy atom. The molecule has 0 aromatic heterocycles. The number of anilines is 1. The molecule has 1 atom stereocenters. The fraction of sp³-hybridized carbons (Fsp3) is 0.400.